The van der Waals surface area contributed by atoms with Crippen LogP contribution >= 0.6 is 0 Å². The number of ether oxygens (including phenoxy) is 1. The highest BCUT2D eigenvalue weighted by atomic mass is 16.5. The number of hydrogen-bond acceptors (Lipinski definition) is 6. The second kappa shape index (κ2) is 7.83. The first kappa shape index (κ1) is 16.3. The molecular formula is C17H22N6O. The molecule has 0 bridgehead atoms. The van der Waals surface area contributed by atoms with E-state index < -0.39 is 0 Å². The standard InChI is InChI=1S/C17H22N6O/c1-22(11-7-14-6-3-4-8-18-14)9-5-10-23-13-21-15-16(23)19-12-20-17(15)24-2/h3-4,6,8,12-13H,5,7,9-11H2,1-2H3. The molecule has 3 rings (SSSR count). The van der Waals surface area contributed by atoms with Gasteiger partial charge in [-0.2, -0.15) is 4.98 Å². The Bertz CT molecular complexity index is 773. The zero-order valence-electron chi connectivity index (χ0n) is 14.1. The van der Waals surface area contributed by atoms with Crippen LogP contribution < -0.4 is 4.74 Å². The van der Waals surface area contributed by atoms with Crippen molar-refractivity contribution in [3.8, 4) is 5.88 Å². The van der Waals surface area contributed by atoms with Gasteiger partial charge in [0.15, 0.2) is 11.2 Å². The number of hydrogen-bond donors (Lipinski definition) is 0. The molecule has 0 aliphatic carbocycles. The number of fused-ring (bicyclic) bond motifs is 1. The van der Waals surface area contributed by atoms with Gasteiger partial charge >= 0.3 is 0 Å². The largest absolute Gasteiger partial charge is 0.479 e. The average molecular weight is 326 g/mol. The molecule has 0 saturated carbocycles. The Morgan fingerprint density at radius 1 is 1.12 bits per heavy atom. The summed E-state index contributed by atoms with van der Waals surface area (Å²) in [6.07, 6.45) is 7.15. The van der Waals surface area contributed by atoms with Gasteiger partial charge in [0.05, 0.1) is 13.4 Å². The second-order valence-electron chi connectivity index (χ2n) is 5.72. The molecule has 0 saturated heterocycles. The maximum Gasteiger partial charge on any atom is 0.245 e. The van der Waals surface area contributed by atoms with E-state index in [2.05, 4.69) is 37.9 Å². The molecule has 7 nitrogen and oxygen atoms in total. The zero-order valence-corrected chi connectivity index (χ0v) is 14.1. The fraction of sp³-hybridized carbons (Fsp3) is 0.412. The van der Waals surface area contributed by atoms with Crippen LogP contribution in [0.3, 0.4) is 0 Å². The van der Waals surface area contributed by atoms with Gasteiger partial charge < -0.3 is 14.2 Å². The summed E-state index contributed by atoms with van der Waals surface area (Å²) in [5.74, 6) is 0.520. The number of rotatable bonds is 8. The normalized spacial score (nSPS) is 11.3. The van der Waals surface area contributed by atoms with Crippen LogP contribution in [0.25, 0.3) is 11.2 Å². The first-order valence-corrected chi connectivity index (χ1v) is 8.06. The molecule has 0 radical (unpaired) electrons. The summed E-state index contributed by atoms with van der Waals surface area (Å²) in [4.78, 5) is 19.4. The van der Waals surface area contributed by atoms with Gasteiger partial charge in [-0.3, -0.25) is 4.98 Å². The summed E-state index contributed by atoms with van der Waals surface area (Å²) < 4.78 is 7.26. The van der Waals surface area contributed by atoms with Crippen molar-refractivity contribution < 1.29 is 4.74 Å². The smallest absolute Gasteiger partial charge is 0.245 e. The summed E-state index contributed by atoms with van der Waals surface area (Å²) in [6, 6.07) is 6.04. The van der Waals surface area contributed by atoms with Crippen LogP contribution in [-0.2, 0) is 13.0 Å². The van der Waals surface area contributed by atoms with Crippen molar-refractivity contribution in [1.29, 1.82) is 0 Å². The van der Waals surface area contributed by atoms with Crippen molar-refractivity contribution in [2.45, 2.75) is 19.4 Å². The maximum atomic E-state index is 5.22. The molecule has 126 valence electrons. The molecular weight excluding hydrogens is 304 g/mol. The summed E-state index contributed by atoms with van der Waals surface area (Å²) in [5.41, 5.74) is 2.66. The molecule has 0 aliphatic rings. The SMILES string of the molecule is COc1ncnc2c1ncn2CCCN(C)CCc1ccccn1. The molecule has 0 N–H and O–H groups in total. The van der Waals surface area contributed by atoms with E-state index in [1.807, 2.05) is 22.9 Å². The van der Waals surface area contributed by atoms with E-state index >= 15 is 0 Å². The van der Waals surface area contributed by atoms with Crippen LogP contribution in [-0.4, -0.2) is 56.6 Å². The monoisotopic (exact) mass is 326 g/mol. The van der Waals surface area contributed by atoms with Crippen molar-refractivity contribution in [1.82, 2.24) is 29.4 Å². The number of pyridine rings is 1. The molecule has 0 spiro atoms. The molecule has 0 atom stereocenters. The Labute approximate surface area is 141 Å². The van der Waals surface area contributed by atoms with Crippen molar-refractivity contribution >= 4 is 11.2 Å². The van der Waals surface area contributed by atoms with E-state index in [-0.39, 0.29) is 0 Å². The Kier molecular flexibility index (Phi) is 5.32. The molecule has 3 aromatic heterocycles. The highest BCUT2D eigenvalue weighted by Crippen LogP contribution is 2.18. The van der Waals surface area contributed by atoms with E-state index in [4.69, 9.17) is 4.74 Å². The third-order valence-electron chi connectivity index (χ3n) is 3.98. The van der Waals surface area contributed by atoms with Gasteiger partial charge in [-0.25, -0.2) is 9.97 Å². The molecule has 0 unspecified atom stereocenters. The Morgan fingerprint density at radius 2 is 2.04 bits per heavy atom. The zero-order chi connectivity index (χ0) is 16.8. The van der Waals surface area contributed by atoms with Gasteiger partial charge in [-0.05, 0) is 32.1 Å². The molecule has 7 heteroatoms. The first-order valence-electron chi connectivity index (χ1n) is 8.06. The van der Waals surface area contributed by atoms with Gasteiger partial charge in [0.25, 0.3) is 0 Å². The lowest BCUT2D eigenvalue weighted by atomic mass is 10.2. The highest BCUT2D eigenvalue weighted by molar-refractivity contribution is 5.75. The predicted molar refractivity (Wildman–Crippen MR) is 91.9 cm³/mol. The van der Waals surface area contributed by atoms with E-state index in [1.54, 1.807) is 13.4 Å². The molecule has 24 heavy (non-hydrogen) atoms. The third kappa shape index (κ3) is 3.86. The Balaban J connectivity index is 1.49. The van der Waals surface area contributed by atoms with Gasteiger partial charge in [0.2, 0.25) is 5.88 Å². The van der Waals surface area contributed by atoms with Crippen LogP contribution in [0, 0.1) is 0 Å². The van der Waals surface area contributed by atoms with Crippen LogP contribution in [0.5, 0.6) is 5.88 Å². The predicted octanol–water partition coefficient (Wildman–Crippen LogP) is 1.79. The van der Waals surface area contributed by atoms with Crippen LogP contribution in [0.2, 0.25) is 0 Å². The minimum atomic E-state index is 0.520. The molecule has 3 aromatic rings. The molecule has 0 fully saturated rings. The van der Waals surface area contributed by atoms with E-state index in [1.165, 1.54) is 6.33 Å². The average Bonchev–Trinajstić information content (AvgIpc) is 3.04. The van der Waals surface area contributed by atoms with E-state index in [0.717, 1.165) is 43.8 Å². The Morgan fingerprint density at radius 3 is 2.83 bits per heavy atom. The summed E-state index contributed by atoms with van der Waals surface area (Å²) >= 11 is 0. The lowest BCUT2D eigenvalue weighted by molar-refractivity contribution is 0.325. The first-order chi connectivity index (χ1) is 11.8. The van der Waals surface area contributed by atoms with Crippen LogP contribution in [0.1, 0.15) is 12.1 Å². The minimum Gasteiger partial charge on any atom is -0.479 e. The topological polar surface area (TPSA) is 69.0 Å². The summed E-state index contributed by atoms with van der Waals surface area (Å²) in [7, 11) is 3.73. The summed E-state index contributed by atoms with van der Waals surface area (Å²) in [5, 5.41) is 0. The lowest BCUT2D eigenvalue weighted by Gasteiger charge is -2.16. The highest BCUT2D eigenvalue weighted by Gasteiger charge is 2.10. The molecule has 0 aromatic carbocycles. The number of nitrogens with zero attached hydrogens (tertiary/aromatic N) is 6. The van der Waals surface area contributed by atoms with Crippen molar-refractivity contribution in [3.63, 3.8) is 0 Å². The lowest BCUT2D eigenvalue weighted by Crippen LogP contribution is -2.23. The molecule has 0 amide bonds. The van der Waals surface area contributed by atoms with Crippen molar-refractivity contribution in [3.05, 3.63) is 42.7 Å². The second-order valence-corrected chi connectivity index (χ2v) is 5.72. The van der Waals surface area contributed by atoms with Crippen LogP contribution in [0.4, 0.5) is 0 Å². The third-order valence-corrected chi connectivity index (χ3v) is 3.98. The number of aromatic nitrogens is 5. The number of imidazole rings is 1. The fourth-order valence-electron chi connectivity index (χ4n) is 2.65. The van der Waals surface area contributed by atoms with Gasteiger partial charge in [0.1, 0.15) is 6.33 Å². The minimum absolute atomic E-state index is 0.520. The molecule has 3 heterocycles. The van der Waals surface area contributed by atoms with Gasteiger partial charge in [0, 0.05) is 31.4 Å². The fourth-order valence-corrected chi connectivity index (χ4v) is 2.65. The number of methoxy groups -OCH3 is 1. The number of likely N-dealkylation sites (N-methyl/N-ethyl adjacent to an activating group) is 1. The molecule has 0 aliphatic heterocycles. The quantitative estimate of drug-likeness (QED) is 0.629. The maximum absolute atomic E-state index is 5.22. The van der Waals surface area contributed by atoms with Crippen molar-refractivity contribution in [2.24, 2.45) is 0 Å². The van der Waals surface area contributed by atoms with Crippen LogP contribution in [0.15, 0.2) is 37.1 Å². The Hall–Kier alpha value is -2.54. The number of aryl methyl sites for hydroxylation is 1. The van der Waals surface area contributed by atoms with E-state index in [9.17, 15) is 0 Å². The van der Waals surface area contributed by atoms with Crippen molar-refractivity contribution in [2.75, 3.05) is 27.2 Å². The van der Waals surface area contributed by atoms with E-state index in [0.29, 0.717) is 11.4 Å². The van der Waals surface area contributed by atoms with Gasteiger partial charge in [-0.1, -0.05) is 6.07 Å². The summed E-state index contributed by atoms with van der Waals surface area (Å²) in [6.45, 7) is 2.87. The van der Waals surface area contributed by atoms with Gasteiger partial charge in [-0.15, -0.1) is 0 Å².